The normalized spacial score (nSPS) is 11.5. The van der Waals surface area contributed by atoms with Crippen molar-refractivity contribution >= 4 is 39.2 Å². The molecule has 164 valence electrons. The highest BCUT2D eigenvalue weighted by Gasteiger charge is 2.18. The van der Waals surface area contributed by atoms with Crippen LogP contribution in [0.3, 0.4) is 0 Å². The van der Waals surface area contributed by atoms with E-state index < -0.39 is 5.97 Å². The molecule has 1 amide bonds. The number of carbonyl (C=O) groups excluding carboxylic acids is 2. The van der Waals surface area contributed by atoms with Gasteiger partial charge < -0.3 is 10.1 Å². The number of rotatable bonds is 4. The molecule has 2 aromatic heterocycles. The summed E-state index contributed by atoms with van der Waals surface area (Å²) in [5, 5.41) is 8.11. The van der Waals surface area contributed by atoms with E-state index in [0.29, 0.717) is 22.1 Å². The van der Waals surface area contributed by atoms with Crippen LogP contribution in [0, 0.1) is 6.92 Å². The van der Waals surface area contributed by atoms with Crippen molar-refractivity contribution in [2.45, 2.75) is 33.1 Å². The van der Waals surface area contributed by atoms with E-state index in [1.807, 2.05) is 13.0 Å². The third-order valence-electron chi connectivity index (χ3n) is 5.07. The number of nitrogens with zero attached hydrogens (tertiary/aromatic N) is 3. The van der Waals surface area contributed by atoms with Crippen molar-refractivity contribution in [2.75, 3.05) is 12.4 Å². The largest absolute Gasteiger partial charge is 0.465 e. The van der Waals surface area contributed by atoms with Gasteiger partial charge in [0.25, 0.3) is 5.91 Å². The fourth-order valence-corrected chi connectivity index (χ4v) is 4.24. The number of methoxy groups -OCH3 is 1. The second-order valence-corrected chi connectivity index (χ2v) is 9.54. The van der Waals surface area contributed by atoms with Crippen LogP contribution in [0.4, 0.5) is 5.82 Å². The molecule has 0 aliphatic heterocycles. The molecule has 7 nitrogen and oxygen atoms in total. The fourth-order valence-electron chi connectivity index (χ4n) is 3.27. The second-order valence-electron chi connectivity index (χ2n) is 8.53. The molecule has 0 atom stereocenters. The molecule has 2 aromatic carbocycles. The van der Waals surface area contributed by atoms with Gasteiger partial charge in [-0.25, -0.2) is 9.78 Å². The van der Waals surface area contributed by atoms with E-state index >= 15 is 0 Å². The van der Waals surface area contributed by atoms with Crippen LogP contribution in [0.25, 0.3) is 15.3 Å². The summed E-state index contributed by atoms with van der Waals surface area (Å²) in [7, 11) is 1.32. The molecule has 0 bridgehead atoms. The Hall–Kier alpha value is -3.52. The minimum absolute atomic E-state index is 0.0448. The Morgan fingerprint density at radius 2 is 1.72 bits per heavy atom. The van der Waals surface area contributed by atoms with E-state index in [1.54, 1.807) is 35.0 Å². The average Bonchev–Trinajstić information content (AvgIpc) is 3.34. The monoisotopic (exact) mass is 448 g/mol. The standard InChI is InChI=1S/C24H24N4O3S/c1-14-12-20(26-21(29)15-6-8-16(9-7-15)22(30)31-5)28(27-14)23-25-18-11-10-17(24(2,3)4)13-19(18)32-23/h6-13H,1-5H3,(H,26,29). The lowest BCUT2D eigenvalue weighted by molar-refractivity contribution is 0.0600. The number of aryl methyl sites for hydroxylation is 1. The van der Waals surface area contributed by atoms with Crippen molar-refractivity contribution in [1.82, 2.24) is 14.8 Å². The first-order chi connectivity index (χ1) is 15.2. The van der Waals surface area contributed by atoms with Crippen LogP contribution in [0.15, 0.2) is 48.5 Å². The molecule has 0 spiro atoms. The Kier molecular flexibility index (Phi) is 5.56. The van der Waals surface area contributed by atoms with Gasteiger partial charge in [0.15, 0.2) is 0 Å². The Labute approximate surface area is 190 Å². The molecule has 0 aliphatic rings. The molecule has 0 fully saturated rings. The maximum absolute atomic E-state index is 12.8. The van der Waals surface area contributed by atoms with Crippen molar-refractivity contribution in [3.63, 3.8) is 0 Å². The van der Waals surface area contributed by atoms with Crippen LogP contribution in [-0.2, 0) is 10.2 Å². The van der Waals surface area contributed by atoms with E-state index in [-0.39, 0.29) is 11.3 Å². The molecule has 4 aromatic rings. The minimum Gasteiger partial charge on any atom is -0.465 e. The SMILES string of the molecule is COC(=O)c1ccc(C(=O)Nc2cc(C)nn2-c2nc3ccc(C(C)(C)C)cc3s2)cc1. The van der Waals surface area contributed by atoms with Crippen LogP contribution >= 0.6 is 11.3 Å². The number of nitrogens with one attached hydrogen (secondary N) is 1. The van der Waals surface area contributed by atoms with Gasteiger partial charge in [-0.05, 0) is 54.3 Å². The number of esters is 1. The number of hydrogen-bond acceptors (Lipinski definition) is 6. The minimum atomic E-state index is -0.448. The zero-order chi connectivity index (χ0) is 23.0. The lowest BCUT2D eigenvalue weighted by atomic mass is 9.87. The van der Waals surface area contributed by atoms with Gasteiger partial charge in [0.2, 0.25) is 5.13 Å². The maximum atomic E-state index is 12.8. The Bertz CT molecular complexity index is 1310. The smallest absolute Gasteiger partial charge is 0.337 e. The predicted molar refractivity (Wildman–Crippen MR) is 126 cm³/mol. The van der Waals surface area contributed by atoms with Gasteiger partial charge >= 0.3 is 5.97 Å². The van der Waals surface area contributed by atoms with Crippen molar-refractivity contribution < 1.29 is 14.3 Å². The topological polar surface area (TPSA) is 86.1 Å². The molecule has 8 heteroatoms. The van der Waals surface area contributed by atoms with Gasteiger partial charge in [0.05, 0.1) is 28.6 Å². The van der Waals surface area contributed by atoms with Crippen LogP contribution < -0.4 is 5.32 Å². The average molecular weight is 449 g/mol. The molecule has 0 saturated heterocycles. The first-order valence-electron chi connectivity index (χ1n) is 10.1. The summed E-state index contributed by atoms with van der Waals surface area (Å²) in [6.45, 7) is 8.40. The molecular formula is C24H24N4O3S. The molecule has 1 N–H and O–H groups in total. The predicted octanol–water partition coefficient (Wildman–Crippen LogP) is 5.13. The summed E-state index contributed by atoms with van der Waals surface area (Å²) >= 11 is 1.53. The third-order valence-corrected chi connectivity index (χ3v) is 6.06. The summed E-state index contributed by atoms with van der Waals surface area (Å²) in [6.07, 6.45) is 0. The summed E-state index contributed by atoms with van der Waals surface area (Å²) in [6, 6.07) is 14.4. The van der Waals surface area contributed by atoms with E-state index in [1.165, 1.54) is 24.0 Å². The first kappa shape index (κ1) is 21.7. The number of hydrogen-bond donors (Lipinski definition) is 1. The number of carbonyl (C=O) groups is 2. The van der Waals surface area contributed by atoms with Crippen molar-refractivity contribution in [3.8, 4) is 5.13 Å². The number of aromatic nitrogens is 3. The highest BCUT2D eigenvalue weighted by Crippen LogP contribution is 2.31. The number of amides is 1. The highest BCUT2D eigenvalue weighted by atomic mass is 32.1. The van der Waals surface area contributed by atoms with Crippen LogP contribution in [0.5, 0.6) is 0 Å². The fraction of sp³-hybridized carbons (Fsp3) is 0.250. The Morgan fingerprint density at radius 3 is 2.38 bits per heavy atom. The molecular weight excluding hydrogens is 424 g/mol. The number of ether oxygens (including phenoxy) is 1. The van der Waals surface area contributed by atoms with E-state index in [9.17, 15) is 9.59 Å². The summed E-state index contributed by atoms with van der Waals surface area (Å²) in [4.78, 5) is 29.1. The van der Waals surface area contributed by atoms with Gasteiger partial charge in [0.1, 0.15) is 5.82 Å². The van der Waals surface area contributed by atoms with Crippen molar-refractivity contribution in [1.29, 1.82) is 0 Å². The zero-order valence-electron chi connectivity index (χ0n) is 18.6. The van der Waals surface area contributed by atoms with Crippen molar-refractivity contribution in [2.24, 2.45) is 0 Å². The number of benzene rings is 2. The highest BCUT2D eigenvalue weighted by molar-refractivity contribution is 7.20. The molecule has 2 heterocycles. The van der Waals surface area contributed by atoms with Crippen LogP contribution in [0.2, 0.25) is 0 Å². The molecule has 32 heavy (non-hydrogen) atoms. The van der Waals surface area contributed by atoms with E-state index in [4.69, 9.17) is 9.72 Å². The van der Waals surface area contributed by atoms with Gasteiger partial charge in [-0.1, -0.05) is 38.2 Å². The number of anilines is 1. The van der Waals surface area contributed by atoms with E-state index in [2.05, 4.69) is 43.3 Å². The van der Waals surface area contributed by atoms with Crippen LogP contribution in [-0.4, -0.2) is 33.8 Å². The van der Waals surface area contributed by atoms with E-state index in [0.717, 1.165) is 15.9 Å². The zero-order valence-corrected chi connectivity index (χ0v) is 19.4. The molecule has 0 radical (unpaired) electrons. The molecule has 0 unspecified atom stereocenters. The van der Waals surface area contributed by atoms with Gasteiger partial charge in [-0.3, -0.25) is 4.79 Å². The molecule has 0 saturated carbocycles. The maximum Gasteiger partial charge on any atom is 0.337 e. The lowest BCUT2D eigenvalue weighted by Crippen LogP contribution is -2.15. The van der Waals surface area contributed by atoms with Gasteiger partial charge in [0, 0.05) is 11.6 Å². The Balaban J connectivity index is 1.63. The lowest BCUT2D eigenvalue weighted by Gasteiger charge is -2.18. The Morgan fingerprint density at radius 1 is 1.03 bits per heavy atom. The molecule has 0 aliphatic carbocycles. The van der Waals surface area contributed by atoms with Gasteiger partial charge in [-0.15, -0.1) is 0 Å². The first-order valence-corrected chi connectivity index (χ1v) is 11.0. The quantitative estimate of drug-likeness (QED) is 0.438. The summed E-state index contributed by atoms with van der Waals surface area (Å²) in [5.74, 6) is -0.227. The summed E-state index contributed by atoms with van der Waals surface area (Å²) in [5.41, 5.74) is 3.73. The summed E-state index contributed by atoms with van der Waals surface area (Å²) < 4.78 is 7.41. The van der Waals surface area contributed by atoms with Gasteiger partial charge in [-0.2, -0.15) is 9.78 Å². The van der Waals surface area contributed by atoms with Crippen LogP contribution in [0.1, 0.15) is 52.7 Å². The number of fused-ring (bicyclic) bond motifs is 1. The second kappa shape index (κ2) is 8.20. The number of thiazole rings is 1. The van der Waals surface area contributed by atoms with Crippen molar-refractivity contribution in [3.05, 3.63) is 70.9 Å². The molecule has 4 rings (SSSR count). The third kappa shape index (κ3) is 4.27.